The molecule has 4 aromatic rings. The number of rotatable bonds is 6. The summed E-state index contributed by atoms with van der Waals surface area (Å²) in [5, 5.41) is 0. The minimum atomic E-state index is 0.196. The van der Waals surface area contributed by atoms with Crippen molar-refractivity contribution in [2.24, 2.45) is 0 Å². The molecule has 3 heterocycles. The van der Waals surface area contributed by atoms with Crippen LogP contribution in [0.3, 0.4) is 0 Å². The van der Waals surface area contributed by atoms with E-state index in [1.807, 2.05) is 0 Å². The molecule has 0 aromatic heterocycles. The summed E-state index contributed by atoms with van der Waals surface area (Å²) in [5.74, 6) is 3.73. The van der Waals surface area contributed by atoms with Crippen molar-refractivity contribution in [2.75, 3.05) is 27.6 Å². The fourth-order valence-electron chi connectivity index (χ4n) is 6.99. The molecule has 0 fully saturated rings. The Kier molecular flexibility index (Phi) is 7.21. The van der Waals surface area contributed by atoms with Crippen LogP contribution < -0.4 is 18.9 Å². The van der Waals surface area contributed by atoms with Gasteiger partial charge in [-0.2, -0.15) is 0 Å². The predicted octanol–water partition coefficient (Wildman–Crippen LogP) is 8.38. The van der Waals surface area contributed by atoms with Gasteiger partial charge in [-0.1, -0.05) is 62.2 Å². The maximum absolute atomic E-state index is 5.99. The standard InChI is InChI=1S/C34H31Br2NO4/c1-38-30-12-11-25-28(16-26(20-3-7-23(35)8-4-20)21-5-9-24(36)10-6-21)33-27-17-32-31(40-19-41-32)15-22(27)13-14-37(33)18-29(25)34(30)39-2/h3-12,15,17,26,28,33H,13-14,16,18-19H2,1-2H3. The maximum Gasteiger partial charge on any atom is 0.231 e. The fourth-order valence-corrected chi connectivity index (χ4v) is 7.52. The van der Waals surface area contributed by atoms with E-state index in [4.69, 9.17) is 18.9 Å². The number of fused-ring (bicyclic) bond motifs is 5. The largest absolute Gasteiger partial charge is 0.493 e. The molecule has 0 radical (unpaired) electrons. The van der Waals surface area contributed by atoms with Crippen molar-refractivity contribution in [1.29, 1.82) is 0 Å². The van der Waals surface area contributed by atoms with Crippen LogP contribution in [0.1, 0.15) is 57.7 Å². The first kappa shape index (κ1) is 26.9. The van der Waals surface area contributed by atoms with Gasteiger partial charge in [-0.25, -0.2) is 0 Å². The molecular formula is C34H31Br2NO4. The normalized spacial score (nSPS) is 19.0. The average molecular weight is 677 g/mol. The summed E-state index contributed by atoms with van der Waals surface area (Å²) >= 11 is 7.27. The molecule has 7 heteroatoms. The van der Waals surface area contributed by atoms with Crippen molar-refractivity contribution in [3.63, 3.8) is 0 Å². The lowest BCUT2D eigenvalue weighted by Crippen LogP contribution is -2.42. The Morgan fingerprint density at radius 3 is 2.12 bits per heavy atom. The third-order valence-corrected chi connectivity index (χ3v) is 9.93. The minimum absolute atomic E-state index is 0.196. The van der Waals surface area contributed by atoms with Crippen molar-refractivity contribution in [1.82, 2.24) is 4.90 Å². The lowest BCUT2D eigenvalue weighted by molar-refractivity contribution is 0.125. The molecule has 3 aliphatic heterocycles. The van der Waals surface area contributed by atoms with Crippen LogP contribution in [-0.4, -0.2) is 32.5 Å². The molecule has 0 aliphatic carbocycles. The van der Waals surface area contributed by atoms with Crippen molar-refractivity contribution in [2.45, 2.75) is 37.3 Å². The smallest absolute Gasteiger partial charge is 0.231 e. The molecule has 3 aliphatic rings. The highest BCUT2D eigenvalue weighted by Gasteiger charge is 2.43. The van der Waals surface area contributed by atoms with Gasteiger partial charge in [0.15, 0.2) is 23.0 Å². The van der Waals surface area contributed by atoms with Gasteiger partial charge in [0.05, 0.1) is 14.2 Å². The monoisotopic (exact) mass is 675 g/mol. The Hall–Kier alpha value is -3.00. The lowest BCUT2D eigenvalue weighted by Gasteiger charge is -2.47. The van der Waals surface area contributed by atoms with Gasteiger partial charge in [-0.15, -0.1) is 0 Å². The van der Waals surface area contributed by atoms with E-state index in [9.17, 15) is 0 Å². The van der Waals surface area contributed by atoms with Gasteiger partial charge in [0.2, 0.25) is 6.79 Å². The highest BCUT2D eigenvalue weighted by atomic mass is 79.9. The summed E-state index contributed by atoms with van der Waals surface area (Å²) < 4.78 is 25.5. The Labute approximate surface area is 257 Å². The molecule has 210 valence electrons. The molecule has 4 aromatic carbocycles. The summed E-state index contributed by atoms with van der Waals surface area (Å²) in [6, 6.07) is 26.6. The van der Waals surface area contributed by atoms with Crippen LogP contribution in [0.4, 0.5) is 0 Å². The fraction of sp³-hybridized carbons (Fsp3) is 0.294. The molecule has 0 bridgehead atoms. The van der Waals surface area contributed by atoms with Crippen LogP contribution in [-0.2, 0) is 13.0 Å². The van der Waals surface area contributed by atoms with Crippen molar-refractivity contribution in [3.8, 4) is 23.0 Å². The van der Waals surface area contributed by atoms with Crippen molar-refractivity contribution >= 4 is 31.9 Å². The van der Waals surface area contributed by atoms with Gasteiger partial charge < -0.3 is 18.9 Å². The first-order valence-corrected chi connectivity index (χ1v) is 15.5. The van der Waals surface area contributed by atoms with E-state index in [2.05, 4.69) is 110 Å². The molecule has 0 saturated carbocycles. The molecular weight excluding hydrogens is 646 g/mol. The molecule has 2 atom stereocenters. The summed E-state index contributed by atoms with van der Waals surface area (Å²) in [7, 11) is 3.46. The third-order valence-electron chi connectivity index (χ3n) is 8.88. The number of hydrogen-bond acceptors (Lipinski definition) is 5. The van der Waals surface area contributed by atoms with Crippen LogP contribution in [0.2, 0.25) is 0 Å². The number of nitrogens with zero attached hydrogens (tertiary/aromatic N) is 1. The van der Waals surface area contributed by atoms with E-state index >= 15 is 0 Å². The summed E-state index contributed by atoms with van der Waals surface area (Å²) in [4.78, 5) is 2.62. The highest BCUT2D eigenvalue weighted by Crippen LogP contribution is 2.54. The second-order valence-corrected chi connectivity index (χ2v) is 12.8. The van der Waals surface area contributed by atoms with E-state index in [0.717, 1.165) is 57.9 Å². The predicted molar refractivity (Wildman–Crippen MR) is 166 cm³/mol. The maximum atomic E-state index is 5.99. The SMILES string of the molecule is COc1ccc2c(c1OC)CN1CCc3cc4c(cc3C1C2CC(c1ccc(Br)cc1)c1ccc(Br)cc1)OCO4. The highest BCUT2D eigenvalue weighted by molar-refractivity contribution is 9.10. The lowest BCUT2D eigenvalue weighted by atomic mass is 9.71. The molecule has 5 nitrogen and oxygen atoms in total. The Morgan fingerprint density at radius 2 is 1.49 bits per heavy atom. The first-order chi connectivity index (χ1) is 20.0. The Morgan fingerprint density at radius 1 is 0.829 bits per heavy atom. The van der Waals surface area contributed by atoms with Gasteiger partial charge in [-0.3, -0.25) is 4.90 Å². The number of methoxy groups -OCH3 is 2. The number of hydrogen-bond donors (Lipinski definition) is 0. The van der Waals surface area contributed by atoms with E-state index < -0.39 is 0 Å². The topological polar surface area (TPSA) is 40.2 Å². The van der Waals surface area contributed by atoms with Gasteiger partial charge >= 0.3 is 0 Å². The van der Waals surface area contributed by atoms with E-state index in [0.29, 0.717) is 0 Å². The molecule has 0 amide bonds. The van der Waals surface area contributed by atoms with Crippen molar-refractivity contribution < 1.29 is 18.9 Å². The number of halogens is 2. The van der Waals surface area contributed by atoms with E-state index in [1.54, 1.807) is 14.2 Å². The molecule has 0 N–H and O–H groups in total. The van der Waals surface area contributed by atoms with Crippen LogP contribution in [0.15, 0.2) is 81.7 Å². The molecule has 7 rings (SSSR count). The molecule has 41 heavy (non-hydrogen) atoms. The van der Waals surface area contributed by atoms with Crippen molar-refractivity contribution in [3.05, 3.63) is 115 Å². The number of benzene rings is 4. The van der Waals surface area contributed by atoms with Gasteiger partial charge in [0.25, 0.3) is 0 Å². The van der Waals surface area contributed by atoms with Gasteiger partial charge in [0.1, 0.15) is 0 Å². The molecule has 0 spiro atoms. The first-order valence-electron chi connectivity index (χ1n) is 13.9. The molecule has 2 unspecified atom stereocenters. The summed E-state index contributed by atoms with van der Waals surface area (Å²) in [6.07, 6.45) is 1.90. The summed E-state index contributed by atoms with van der Waals surface area (Å²) in [5.41, 5.74) is 7.86. The minimum Gasteiger partial charge on any atom is -0.493 e. The average Bonchev–Trinajstić information content (AvgIpc) is 3.46. The second kappa shape index (κ2) is 11.0. The van der Waals surface area contributed by atoms with Crippen LogP contribution in [0.25, 0.3) is 0 Å². The third kappa shape index (κ3) is 4.82. The zero-order valence-corrected chi connectivity index (χ0v) is 26.2. The van der Waals surface area contributed by atoms with Gasteiger partial charge in [-0.05, 0) is 83.1 Å². The quantitative estimate of drug-likeness (QED) is 0.205. The zero-order valence-electron chi connectivity index (χ0n) is 23.0. The second-order valence-electron chi connectivity index (χ2n) is 10.9. The number of ether oxygens (including phenoxy) is 4. The summed E-state index contributed by atoms with van der Waals surface area (Å²) in [6.45, 7) is 2.06. The van der Waals surface area contributed by atoms with E-state index in [1.165, 1.54) is 33.4 Å². The van der Waals surface area contributed by atoms with Crippen LogP contribution in [0, 0.1) is 0 Å². The molecule has 0 saturated heterocycles. The van der Waals surface area contributed by atoms with Crippen LogP contribution >= 0.6 is 31.9 Å². The Bertz CT molecular complexity index is 1540. The van der Waals surface area contributed by atoms with Gasteiger partial charge in [0, 0.05) is 45.5 Å². The Balaban J connectivity index is 1.40. The zero-order chi connectivity index (χ0) is 28.1. The van der Waals surface area contributed by atoms with E-state index in [-0.39, 0.29) is 24.7 Å². The van der Waals surface area contributed by atoms with Crippen LogP contribution in [0.5, 0.6) is 23.0 Å².